The van der Waals surface area contributed by atoms with Crippen LogP contribution in [0, 0.1) is 0 Å². The second-order valence-corrected chi connectivity index (χ2v) is 5.82. The molecule has 5 nitrogen and oxygen atoms in total. The molecule has 0 saturated carbocycles. The summed E-state index contributed by atoms with van der Waals surface area (Å²) in [7, 11) is 1.60. The molecule has 1 amide bonds. The van der Waals surface area contributed by atoms with Crippen molar-refractivity contribution in [3.63, 3.8) is 0 Å². The standard InChI is InChI=1S/C17H18N2O3/c1-17(2)16(21)19(12-4-7-14(22-3)8-5-12)15-9-6-13(20)10-11-18(15)17/h4-5,7-11H,6H2,1-3H3. The van der Waals surface area contributed by atoms with Gasteiger partial charge in [-0.25, -0.2) is 0 Å². The average Bonchev–Trinajstić information content (AvgIpc) is 2.64. The molecule has 22 heavy (non-hydrogen) atoms. The smallest absolute Gasteiger partial charge is 0.258 e. The van der Waals surface area contributed by atoms with Crippen LogP contribution in [0.1, 0.15) is 20.3 Å². The van der Waals surface area contributed by atoms with E-state index < -0.39 is 5.54 Å². The summed E-state index contributed by atoms with van der Waals surface area (Å²) < 4.78 is 5.16. The summed E-state index contributed by atoms with van der Waals surface area (Å²) in [6.45, 7) is 3.71. The van der Waals surface area contributed by atoms with E-state index in [9.17, 15) is 9.59 Å². The van der Waals surface area contributed by atoms with Gasteiger partial charge >= 0.3 is 0 Å². The molecule has 0 N–H and O–H groups in total. The SMILES string of the molecule is COc1ccc(N2C(=O)C(C)(C)N3C=CC(=O)CC=C23)cc1. The van der Waals surface area contributed by atoms with E-state index in [1.165, 1.54) is 6.08 Å². The third-order valence-corrected chi connectivity index (χ3v) is 4.03. The van der Waals surface area contributed by atoms with Crippen molar-refractivity contribution >= 4 is 17.4 Å². The lowest BCUT2D eigenvalue weighted by Gasteiger charge is -2.26. The van der Waals surface area contributed by atoms with Crippen LogP contribution in [0.25, 0.3) is 0 Å². The molecule has 1 aromatic carbocycles. The Balaban J connectivity index is 2.08. The summed E-state index contributed by atoms with van der Waals surface area (Å²) in [5.41, 5.74) is 0.0303. The van der Waals surface area contributed by atoms with Crippen LogP contribution in [-0.2, 0) is 9.59 Å². The molecular weight excluding hydrogens is 280 g/mol. The summed E-state index contributed by atoms with van der Waals surface area (Å²) in [6.07, 6.45) is 5.32. The first-order valence-corrected chi connectivity index (χ1v) is 7.14. The number of nitrogens with zero attached hydrogens (tertiary/aromatic N) is 2. The molecular formula is C17H18N2O3. The highest BCUT2D eigenvalue weighted by atomic mass is 16.5. The van der Waals surface area contributed by atoms with Gasteiger partial charge in [-0.2, -0.15) is 0 Å². The lowest BCUT2D eigenvalue weighted by Crippen LogP contribution is -2.40. The second kappa shape index (κ2) is 5.02. The Morgan fingerprint density at radius 1 is 1.14 bits per heavy atom. The van der Waals surface area contributed by atoms with E-state index in [1.54, 1.807) is 24.3 Å². The lowest BCUT2D eigenvalue weighted by atomic mass is 10.0. The van der Waals surface area contributed by atoms with Gasteiger partial charge in [0, 0.05) is 12.6 Å². The molecule has 114 valence electrons. The Kier molecular flexibility index (Phi) is 3.28. The minimum absolute atomic E-state index is 0.0251. The minimum atomic E-state index is -0.729. The number of anilines is 1. The molecule has 1 fully saturated rings. The maximum Gasteiger partial charge on any atom is 0.258 e. The van der Waals surface area contributed by atoms with Crippen LogP contribution in [0.5, 0.6) is 5.75 Å². The van der Waals surface area contributed by atoms with Crippen LogP contribution in [0.3, 0.4) is 0 Å². The topological polar surface area (TPSA) is 49.9 Å². The van der Waals surface area contributed by atoms with E-state index in [4.69, 9.17) is 4.74 Å². The average molecular weight is 298 g/mol. The Hall–Kier alpha value is -2.56. The Morgan fingerprint density at radius 3 is 2.45 bits per heavy atom. The zero-order chi connectivity index (χ0) is 15.9. The molecule has 3 rings (SSSR count). The molecule has 1 aromatic rings. The molecule has 0 aliphatic carbocycles. The van der Waals surface area contributed by atoms with Crippen molar-refractivity contribution < 1.29 is 14.3 Å². The van der Waals surface area contributed by atoms with E-state index in [0.29, 0.717) is 6.42 Å². The van der Waals surface area contributed by atoms with E-state index in [-0.39, 0.29) is 11.7 Å². The number of carbonyl (C=O) groups is 2. The monoisotopic (exact) mass is 298 g/mol. The maximum absolute atomic E-state index is 12.8. The van der Waals surface area contributed by atoms with Crippen molar-refractivity contribution in [3.8, 4) is 5.75 Å². The fourth-order valence-corrected chi connectivity index (χ4v) is 2.73. The summed E-state index contributed by atoms with van der Waals surface area (Å²) in [4.78, 5) is 28.0. The molecule has 2 aliphatic heterocycles. The largest absolute Gasteiger partial charge is 0.497 e. The van der Waals surface area contributed by atoms with Crippen molar-refractivity contribution in [2.24, 2.45) is 0 Å². The van der Waals surface area contributed by atoms with Gasteiger partial charge in [-0.05, 0) is 50.3 Å². The fraction of sp³-hybridized carbons (Fsp3) is 0.294. The Morgan fingerprint density at radius 2 is 1.82 bits per heavy atom. The summed E-state index contributed by atoms with van der Waals surface area (Å²) >= 11 is 0. The maximum atomic E-state index is 12.8. The first-order valence-electron chi connectivity index (χ1n) is 7.14. The van der Waals surface area contributed by atoms with Crippen molar-refractivity contribution in [1.82, 2.24) is 4.90 Å². The molecule has 5 heteroatoms. The zero-order valence-electron chi connectivity index (χ0n) is 12.9. The highest BCUT2D eigenvalue weighted by Gasteiger charge is 2.48. The number of ketones is 1. The van der Waals surface area contributed by atoms with Crippen molar-refractivity contribution in [3.05, 3.63) is 48.4 Å². The van der Waals surface area contributed by atoms with Crippen LogP contribution < -0.4 is 9.64 Å². The van der Waals surface area contributed by atoms with Gasteiger partial charge in [-0.3, -0.25) is 14.5 Å². The number of allylic oxidation sites excluding steroid dienone is 2. The van der Waals surface area contributed by atoms with Gasteiger partial charge in [-0.15, -0.1) is 0 Å². The number of rotatable bonds is 2. The van der Waals surface area contributed by atoms with Crippen molar-refractivity contribution in [2.45, 2.75) is 25.8 Å². The van der Waals surface area contributed by atoms with E-state index in [2.05, 4.69) is 0 Å². The van der Waals surface area contributed by atoms with E-state index in [0.717, 1.165) is 17.3 Å². The van der Waals surface area contributed by atoms with Gasteiger partial charge in [0.2, 0.25) is 0 Å². The van der Waals surface area contributed by atoms with E-state index >= 15 is 0 Å². The van der Waals surface area contributed by atoms with Gasteiger partial charge in [-0.1, -0.05) is 0 Å². The zero-order valence-corrected chi connectivity index (χ0v) is 12.9. The van der Waals surface area contributed by atoms with Crippen LogP contribution >= 0.6 is 0 Å². The molecule has 2 aliphatic rings. The number of methoxy groups -OCH3 is 1. The predicted octanol–water partition coefficient (Wildman–Crippen LogP) is 2.45. The number of carbonyl (C=O) groups excluding carboxylic acids is 2. The highest BCUT2D eigenvalue weighted by molar-refractivity contribution is 6.06. The number of hydrogen-bond donors (Lipinski definition) is 0. The molecule has 0 aromatic heterocycles. The van der Waals surface area contributed by atoms with Gasteiger partial charge in [0.25, 0.3) is 5.91 Å². The van der Waals surface area contributed by atoms with Gasteiger partial charge in [0.15, 0.2) is 5.78 Å². The molecule has 0 bridgehead atoms. The predicted molar refractivity (Wildman–Crippen MR) is 83.2 cm³/mol. The van der Waals surface area contributed by atoms with Crippen LogP contribution in [0.4, 0.5) is 5.69 Å². The molecule has 1 saturated heterocycles. The molecule has 2 heterocycles. The first-order chi connectivity index (χ1) is 10.4. The number of fused-ring (bicyclic) bond motifs is 1. The molecule has 0 radical (unpaired) electrons. The molecule has 0 spiro atoms. The lowest BCUT2D eigenvalue weighted by molar-refractivity contribution is -0.122. The number of ether oxygens (including phenoxy) is 1. The summed E-state index contributed by atoms with van der Waals surface area (Å²) in [5.74, 6) is 1.46. The van der Waals surface area contributed by atoms with Gasteiger partial charge in [0.05, 0.1) is 12.8 Å². The Labute approximate surface area is 129 Å². The third kappa shape index (κ3) is 2.09. The van der Waals surface area contributed by atoms with Crippen LogP contribution in [-0.4, -0.2) is 29.2 Å². The van der Waals surface area contributed by atoms with Crippen molar-refractivity contribution in [1.29, 1.82) is 0 Å². The second-order valence-electron chi connectivity index (χ2n) is 5.82. The molecule has 0 atom stereocenters. The fourth-order valence-electron chi connectivity index (χ4n) is 2.73. The van der Waals surface area contributed by atoms with Crippen LogP contribution in [0.2, 0.25) is 0 Å². The summed E-state index contributed by atoms with van der Waals surface area (Å²) in [5, 5.41) is 0. The van der Waals surface area contributed by atoms with Crippen LogP contribution in [0.15, 0.2) is 48.4 Å². The number of benzene rings is 1. The number of amides is 1. The first kappa shape index (κ1) is 14.4. The molecule has 0 unspecified atom stereocenters. The highest BCUT2D eigenvalue weighted by Crippen LogP contribution is 2.39. The summed E-state index contributed by atoms with van der Waals surface area (Å²) in [6, 6.07) is 7.31. The van der Waals surface area contributed by atoms with Crippen molar-refractivity contribution in [2.75, 3.05) is 12.0 Å². The van der Waals surface area contributed by atoms with Gasteiger partial charge in [0.1, 0.15) is 17.1 Å². The number of hydrogen-bond acceptors (Lipinski definition) is 4. The normalized spacial score (nSPS) is 19.9. The van der Waals surface area contributed by atoms with E-state index in [1.807, 2.05) is 43.0 Å². The van der Waals surface area contributed by atoms with Gasteiger partial charge < -0.3 is 9.64 Å². The quantitative estimate of drug-likeness (QED) is 0.841. The minimum Gasteiger partial charge on any atom is -0.497 e. The third-order valence-electron chi connectivity index (χ3n) is 4.03. The Bertz CT molecular complexity index is 686.